The lowest BCUT2D eigenvalue weighted by molar-refractivity contribution is -0.0245. The third-order valence-corrected chi connectivity index (χ3v) is 3.07. The number of carbonyl (C=O) groups is 1. The molecule has 0 aromatic carbocycles. The highest BCUT2D eigenvalue weighted by Crippen LogP contribution is 2.31. The van der Waals surface area contributed by atoms with E-state index in [1.54, 1.807) is 20.8 Å². The van der Waals surface area contributed by atoms with Crippen molar-refractivity contribution in [2.75, 3.05) is 13.1 Å². The predicted molar refractivity (Wildman–Crippen MR) is 69.2 cm³/mol. The van der Waals surface area contributed by atoms with Gasteiger partial charge in [0.15, 0.2) is 0 Å². The van der Waals surface area contributed by atoms with Crippen molar-refractivity contribution in [1.29, 1.82) is 0 Å². The summed E-state index contributed by atoms with van der Waals surface area (Å²) >= 11 is 0. The predicted octanol–water partition coefficient (Wildman–Crippen LogP) is 2.76. The summed E-state index contributed by atoms with van der Waals surface area (Å²) in [5, 5.41) is 0. The molecule has 1 fully saturated rings. The summed E-state index contributed by atoms with van der Waals surface area (Å²) in [6.45, 7) is 6.98. The zero-order valence-corrected chi connectivity index (χ0v) is 12.1. The van der Waals surface area contributed by atoms with Crippen LogP contribution in [0.25, 0.3) is 0 Å². The van der Waals surface area contributed by atoms with E-state index in [1.165, 1.54) is 4.90 Å². The topological polar surface area (TPSA) is 55.6 Å². The third kappa shape index (κ3) is 5.72. The number of hydrogen-bond donors (Lipinski definition) is 1. The van der Waals surface area contributed by atoms with Gasteiger partial charge >= 0.3 is 6.09 Å². The SMILES string of the molecule is CC(F)(F)CC1(N)CCN(C(=O)OC(C)(C)C)CC1. The third-order valence-electron chi connectivity index (χ3n) is 3.07. The molecule has 0 aromatic rings. The van der Waals surface area contributed by atoms with Gasteiger partial charge in [-0.1, -0.05) is 0 Å². The van der Waals surface area contributed by atoms with Crippen molar-refractivity contribution in [2.45, 2.75) is 64.0 Å². The molecule has 0 saturated carbocycles. The van der Waals surface area contributed by atoms with Crippen molar-refractivity contribution >= 4 is 6.09 Å². The second-order valence-corrected chi connectivity index (χ2v) is 6.58. The molecule has 1 saturated heterocycles. The number of piperidine rings is 1. The van der Waals surface area contributed by atoms with Crippen LogP contribution in [0.15, 0.2) is 0 Å². The standard InChI is InChI=1S/C13H24F2N2O2/c1-11(2,3)19-10(18)17-7-5-13(16,6-8-17)9-12(4,14)15/h5-9,16H2,1-4H3. The minimum Gasteiger partial charge on any atom is -0.444 e. The molecule has 2 N–H and O–H groups in total. The van der Waals surface area contributed by atoms with Crippen LogP contribution in [0, 0.1) is 0 Å². The minimum absolute atomic E-state index is 0.345. The fourth-order valence-corrected chi connectivity index (χ4v) is 2.26. The fourth-order valence-electron chi connectivity index (χ4n) is 2.26. The molecule has 1 aliphatic heterocycles. The number of amides is 1. The van der Waals surface area contributed by atoms with Crippen LogP contribution in [0.3, 0.4) is 0 Å². The Bertz CT molecular complexity index is 327. The molecule has 0 bridgehead atoms. The van der Waals surface area contributed by atoms with Crippen molar-refractivity contribution in [2.24, 2.45) is 5.73 Å². The average Bonchev–Trinajstić information content (AvgIpc) is 2.11. The summed E-state index contributed by atoms with van der Waals surface area (Å²) in [5.41, 5.74) is 4.53. The smallest absolute Gasteiger partial charge is 0.410 e. The van der Waals surface area contributed by atoms with Gasteiger partial charge in [0.05, 0.1) is 0 Å². The highest BCUT2D eigenvalue weighted by atomic mass is 19.3. The number of rotatable bonds is 2. The Morgan fingerprint density at radius 2 is 1.74 bits per heavy atom. The number of alkyl halides is 2. The van der Waals surface area contributed by atoms with Crippen LogP contribution in [0.4, 0.5) is 13.6 Å². The molecule has 1 amide bonds. The molecule has 0 spiro atoms. The van der Waals surface area contributed by atoms with E-state index in [0.717, 1.165) is 6.92 Å². The fraction of sp³-hybridized carbons (Fsp3) is 0.923. The molecule has 0 radical (unpaired) electrons. The Morgan fingerprint density at radius 1 is 1.26 bits per heavy atom. The molecule has 4 nitrogen and oxygen atoms in total. The zero-order valence-electron chi connectivity index (χ0n) is 12.1. The van der Waals surface area contributed by atoms with E-state index in [4.69, 9.17) is 10.5 Å². The van der Waals surface area contributed by atoms with E-state index in [2.05, 4.69) is 0 Å². The molecule has 1 rings (SSSR count). The number of carbonyl (C=O) groups excluding carboxylic acids is 1. The van der Waals surface area contributed by atoms with Crippen LogP contribution in [0.1, 0.15) is 47.0 Å². The van der Waals surface area contributed by atoms with Gasteiger partial charge < -0.3 is 15.4 Å². The Morgan fingerprint density at radius 3 is 2.11 bits per heavy atom. The normalized spacial score (nSPS) is 20.3. The average molecular weight is 278 g/mol. The largest absolute Gasteiger partial charge is 0.444 e. The van der Waals surface area contributed by atoms with Gasteiger partial charge in [0, 0.05) is 25.0 Å². The highest BCUT2D eigenvalue weighted by molar-refractivity contribution is 5.68. The summed E-state index contributed by atoms with van der Waals surface area (Å²) in [6.07, 6.45) is -0.00847. The molecular formula is C13H24F2N2O2. The van der Waals surface area contributed by atoms with E-state index >= 15 is 0 Å². The quantitative estimate of drug-likeness (QED) is 0.845. The van der Waals surface area contributed by atoms with E-state index in [9.17, 15) is 13.6 Å². The van der Waals surface area contributed by atoms with Gasteiger partial charge in [0.1, 0.15) is 5.60 Å². The zero-order chi connectivity index (χ0) is 14.9. The number of likely N-dealkylation sites (tertiary alicyclic amines) is 1. The van der Waals surface area contributed by atoms with E-state index in [0.29, 0.717) is 25.9 Å². The monoisotopic (exact) mass is 278 g/mol. The van der Waals surface area contributed by atoms with Crippen LogP contribution < -0.4 is 5.73 Å². The van der Waals surface area contributed by atoms with Crippen LogP contribution in [-0.4, -0.2) is 41.1 Å². The summed E-state index contributed by atoms with van der Waals surface area (Å²) in [7, 11) is 0. The molecule has 112 valence electrons. The van der Waals surface area contributed by atoms with Crippen molar-refractivity contribution in [3.8, 4) is 0 Å². The van der Waals surface area contributed by atoms with Crippen molar-refractivity contribution < 1.29 is 18.3 Å². The molecule has 1 heterocycles. The molecule has 0 atom stereocenters. The lowest BCUT2D eigenvalue weighted by Gasteiger charge is -2.40. The van der Waals surface area contributed by atoms with Crippen LogP contribution in [0.2, 0.25) is 0 Å². The second-order valence-electron chi connectivity index (χ2n) is 6.58. The summed E-state index contributed by atoms with van der Waals surface area (Å²) in [4.78, 5) is 13.4. The lowest BCUT2D eigenvalue weighted by Crippen LogP contribution is -2.54. The van der Waals surface area contributed by atoms with Crippen LogP contribution in [-0.2, 0) is 4.74 Å². The van der Waals surface area contributed by atoms with E-state index in [-0.39, 0.29) is 6.42 Å². The first-order valence-electron chi connectivity index (χ1n) is 6.55. The van der Waals surface area contributed by atoms with Crippen molar-refractivity contribution in [1.82, 2.24) is 4.90 Å². The van der Waals surface area contributed by atoms with E-state index in [1.807, 2.05) is 0 Å². The summed E-state index contributed by atoms with van der Waals surface area (Å²) in [6, 6.07) is 0. The van der Waals surface area contributed by atoms with Crippen molar-refractivity contribution in [3.05, 3.63) is 0 Å². The summed E-state index contributed by atoms with van der Waals surface area (Å²) in [5.74, 6) is -2.77. The van der Waals surface area contributed by atoms with Gasteiger partial charge in [-0.3, -0.25) is 0 Å². The minimum atomic E-state index is -2.77. The second kappa shape index (κ2) is 5.23. The first kappa shape index (κ1) is 16.1. The Kier molecular flexibility index (Phi) is 4.44. The van der Waals surface area contributed by atoms with Gasteiger partial charge in [0.25, 0.3) is 0 Å². The van der Waals surface area contributed by atoms with Crippen molar-refractivity contribution in [3.63, 3.8) is 0 Å². The van der Waals surface area contributed by atoms with E-state index < -0.39 is 23.2 Å². The van der Waals surface area contributed by atoms with Crippen LogP contribution in [0.5, 0.6) is 0 Å². The first-order valence-corrected chi connectivity index (χ1v) is 6.55. The number of halogens is 2. The molecule has 0 aromatic heterocycles. The summed E-state index contributed by atoms with van der Waals surface area (Å²) < 4.78 is 31.3. The first-order chi connectivity index (χ1) is 8.40. The number of nitrogens with zero attached hydrogens (tertiary/aromatic N) is 1. The molecular weight excluding hydrogens is 254 g/mol. The Balaban J connectivity index is 2.51. The number of hydrogen-bond acceptors (Lipinski definition) is 3. The Hall–Kier alpha value is -0.910. The highest BCUT2D eigenvalue weighted by Gasteiger charge is 2.40. The molecule has 6 heteroatoms. The number of ether oxygens (including phenoxy) is 1. The molecule has 0 aliphatic carbocycles. The number of nitrogens with two attached hydrogens (primary N) is 1. The maximum absolute atomic E-state index is 13.0. The van der Waals surface area contributed by atoms with Gasteiger partial charge in [-0.15, -0.1) is 0 Å². The Labute approximate surface area is 113 Å². The molecule has 1 aliphatic rings. The van der Waals surface area contributed by atoms with Gasteiger partial charge in [-0.2, -0.15) is 0 Å². The van der Waals surface area contributed by atoms with Gasteiger partial charge in [-0.05, 0) is 40.5 Å². The van der Waals surface area contributed by atoms with Crippen LogP contribution >= 0.6 is 0 Å². The molecule has 19 heavy (non-hydrogen) atoms. The van der Waals surface area contributed by atoms with Gasteiger partial charge in [0.2, 0.25) is 5.92 Å². The lowest BCUT2D eigenvalue weighted by atomic mass is 9.83. The molecule has 0 unspecified atom stereocenters. The maximum atomic E-state index is 13.0. The van der Waals surface area contributed by atoms with Gasteiger partial charge in [-0.25, -0.2) is 13.6 Å². The maximum Gasteiger partial charge on any atom is 0.410 e.